The van der Waals surface area contributed by atoms with Crippen molar-refractivity contribution in [3.8, 4) is 5.88 Å². The standard InChI is InChI=1S/C22H28N2O2/c1-3-14-26-20-11-10-19(16-23-20)24-21(25)22(12-5-4-6-13-22)18-9-7-8-17(2)15-18/h7-11,15-16H,3-6,12-14H2,1-2H3,(H,24,25). The third kappa shape index (κ3) is 4.06. The molecule has 4 nitrogen and oxygen atoms in total. The highest BCUT2D eigenvalue weighted by Crippen LogP contribution is 2.40. The normalized spacial score (nSPS) is 16.1. The first kappa shape index (κ1) is 18.4. The molecule has 0 aliphatic heterocycles. The molecule has 138 valence electrons. The highest BCUT2D eigenvalue weighted by Gasteiger charge is 2.41. The molecule has 1 aromatic heterocycles. The summed E-state index contributed by atoms with van der Waals surface area (Å²) in [6.45, 7) is 4.79. The number of aryl methyl sites for hydroxylation is 1. The summed E-state index contributed by atoms with van der Waals surface area (Å²) in [5, 5.41) is 3.10. The Bertz CT molecular complexity index is 734. The Hall–Kier alpha value is -2.36. The molecule has 1 N–H and O–H groups in total. The van der Waals surface area contributed by atoms with Crippen LogP contribution in [0.1, 0.15) is 56.6 Å². The molecule has 0 radical (unpaired) electrons. The lowest BCUT2D eigenvalue weighted by atomic mass is 9.68. The number of carbonyl (C=O) groups excluding carboxylic acids is 1. The number of amides is 1. The van der Waals surface area contributed by atoms with E-state index in [-0.39, 0.29) is 5.91 Å². The molecular formula is C22H28N2O2. The largest absolute Gasteiger partial charge is 0.478 e. The number of ether oxygens (including phenoxy) is 1. The Morgan fingerprint density at radius 3 is 2.65 bits per heavy atom. The van der Waals surface area contributed by atoms with Crippen molar-refractivity contribution in [1.29, 1.82) is 0 Å². The van der Waals surface area contributed by atoms with Crippen LogP contribution in [0, 0.1) is 6.92 Å². The summed E-state index contributed by atoms with van der Waals surface area (Å²) in [7, 11) is 0. The van der Waals surface area contributed by atoms with E-state index in [4.69, 9.17) is 4.74 Å². The van der Waals surface area contributed by atoms with Gasteiger partial charge in [-0.25, -0.2) is 4.98 Å². The molecule has 1 amide bonds. The van der Waals surface area contributed by atoms with E-state index in [1.165, 1.54) is 12.0 Å². The highest BCUT2D eigenvalue weighted by atomic mass is 16.5. The van der Waals surface area contributed by atoms with Gasteiger partial charge in [-0.1, -0.05) is 56.0 Å². The van der Waals surface area contributed by atoms with Gasteiger partial charge in [-0.2, -0.15) is 0 Å². The second-order valence-electron chi connectivity index (χ2n) is 7.20. The van der Waals surface area contributed by atoms with E-state index in [2.05, 4.69) is 48.4 Å². The zero-order chi connectivity index (χ0) is 18.4. The molecule has 26 heavy (non-hydrogen) atoms. The van der Waals surface area contributed by atoms with Crippen LogP contribution in [0.3, 0.4) is 0 Å². The van der Waals surface area contributed by atoms with E-state index in [9.17, 15) is 4.79 Å². The third-order valence-electron chi connectivity index (χ3n) is 5.16. The van der Waals surface area contributed by atoms with Crippen molar-refractivity contribution in [2.45, 2.75) is 57.8 Å². The lowest BCUT2D eigenvalue weighted by Gasteiger charge is -2.36. The summed E-state index contributed by atoms with van der Waals surface area (Å²) >= 11 is 0. The number of hydrogen-bond donors (Lipinski definition) is 1. The van der Waals surface area contributed by atoms with Gasteiger partial charge in [0.2, 0.25) is 11.8 Å². The van der Waals surface area contributed by atoms with Crippen molar-refractivity contribution in [3.63, 3.8) is 0 Å². The van der Waals surface area contributed by atoms with Gasteiger partial charge < -0.3 is 10.1 Å². The number of aromatic nitrogens is 1. The fraction of sp³-hybridized carbons (Fsp3) is 0.455. The molecule has 1 aliphatic rings. The van der Waals surface area contributed by atoms with Gasteiger partial charge >= 0.3 is 0 Å². The number of pyridine rings is 1. The summed E-state index contributed by atoms with van der Waals surface area (Å²) in [5.41, 5.74) is 2.60. The number of rotatable bonds is 6. The van der Waals surface area contributed by atoms with Crippen LogP contribution < -0.4 is 10.1 Å². The number of carbonyl (C=O) groups is 1. The van der Waals surface area contributed by atoms with Gasteiger partial charge in [-0.3, -0.25) is 4.79 Å². The molecule has 0 atom stereocenters. The Labute approximate surface area is 156 Å². The molecule has 0 unspecified atom stereocenters. The van der Waals surface area contributed by atoms with Crippen LogP contribution in [0.4, 0.5) is 5.69 Å². The Morgan fingerprint density at radius 1 is 1.19 bits per heavy atom. The molecule has 1 aliphatic carbocycles. The molecule has 2 aromatic rings. The zero-order valence-corrected chi connectivity index (χ0v) is 15.8. The SMILES string of the molecule is CCCOc1ccc(NC(=O)C2(c3cccc(C)c3)CCCCC2)cn1. The van der Waals surface area contributed by atoms with Crippen LogP contribution in [0.15, 0.2) is 42.6 Å². The fourth-order valence-electron chi connectivity index (χ4n) is 3.74. The maximum Gasteiger partial charge on any atom is 0.235 e. The van der Waals surface area contributed by atoms with Gasteiger partial charge in [0.1, 0.15) is 0 Å². The van der Waals surface area contributed by atoms with Crippen molar-refractivity contribution in [2.24, 2.45) is 0 Å². The Kier molecular flexibility index (Phi) is 5.92. The number of anilines is 1. The zero-order valence-electron chi connectivity index (χ0n) is 15.8. The average Bonchev–Trinajstić information content (AvgIpc) is 2.68. The average molecular weight is 352 g/mol. The van der Waals surface area contributed by atoms with Crippen molar-refractivity contribution < 1.29 is 9.53 Å². The topological polar surface area (TPSA) is 51.2 Å². The van der Waals surface area contributed by atoms with E-state index >= 15 is 0 Å². The quantitative estimate of drug-likeness (QED) is 0.794. The fourth-order valence-corrected chi connectivity index (χ4v) is 3.74. The van der Waals surface area contributed by atoms with Crippen LogP contribution in [0.2, 0.25) is 0 Å². The highest BCUT2D eigenvalue weighted by molar-refractivity contribution is 5.99. The monoisotopic (exact) mass is 352 g/mol. The second kappa shape index (κ2) is 8.35. The molecule has 0 spiro atoms. The predicted molar refractivity (Wildman–Crippen MR) is 105 cm³/mol. The van der Waals surface area contributed by atoms with Crippen LogP contribution in [-0.4, -0.2) is 17.5 Å². The van der Waals surface area contributed by atoms with Crippen molar-refractivity contribution in [1.82, 2.24) is 4.98 Å². The molecule has 3 rings (SSSR count). The molecule has 0 bridgehead atoms. The lowest BCUT2D eigenvalue weighted by Crippen LogP contribution is -2.42. The molecule has 0 saturated heterocycles. The van der Waals surface area contributed by atoms with Gasteiger partial charge in [0, 0.05) is 6.07 Å². The summed E-state index contributed by atoms with van der Waals surface area (Å²) in [6, 6.07) is 12.1. The van der Waals surface area contributed by atoms with Gasteiger partial charge in [0.25, 0.3) is 0 Å². The minimum absolute atomic E-state index is 0.0758. The van der Waals surface area contributed by atoms with Crippen LogP contribution >= 0.6 is 0 Å². The molecule has 1 saturated carbocycles. The summed E-state index contributed by atoms with van der Waals surface area (Å²) in [4.78, 5) is 17.6. The Balaban J connectivity index is 1.80. The minimum atomic E-state index is -0.443. The lowest BCUT2D eigenvalue weighted by molar-refractivity contribution is -0.122. The second-order valence-corrected chi connectivity index (χ2v) is 7.20. The third-order valence-corrected chi connectivity index (χ3v) is 5.16. The van der Waals surface area contributed by atoms with Crippen molar-refractivity contribution in [3.05, 3.63) is 53.7 Å². The minimum Gasteiger partial charge on any atom is -0.478 e. The molecular weight excluding hydrogens is 324 g/mol. The summed E-state index contributed by atoms with van der Waals surface area (Å²) < 4.78 is 5.51. The molecule has 1 fully saturated rings. The maximum absolute atomic E-state index is 13.3. The van der Waals surface area contributed by atoms with E-state index in [1.54, 1.807) is 6.20 Å². The maximum atomic E-state index is 13.3. The first-order valence-corrected chi connectivity index (χ1v) is 9.61. The van der Waals surface area contributed by atoms with E-state index in [0.717, 1.165) is 43.4 Å². The Morgan fingerprint density at radius 2 is 2.00 bits per heavy atom. The number of benzene rings is 1. The van der Waals surface area contributed by atoms with Gasteiger partial charge in [-0.15, -0.1) is 0 Å². The van der Waals surface area contributed by atoms with E-state index < -0.39 is 5.41 Å². The van der Waals surface area contributed by atoms with Gasteiger partial charge in [-0.05, 0) is 37.8 Å². The molecule has 1 heterocycles. The first-order valence-electron chi connectivity index (χ1n) is 9.61. The van der Waals surface area contributed by atoms with Crippen molar-refractivity contribution in [2.75, 3.05) is 11.9 Å². The van der Waals surface area contributed by atoms with Crippen LogP contribution in [0.5, 0.6) is 5.88 Å². The first-order chi connectivity index (χ1) is 12.6. The number of hydrogen-bond acceptors (Lipinski definition) is 3. The summed E-state index contributed by atoms with van der Waals surface area (Å²) in [6.07, 6.45) is 7.79. The van der Waals surface area contributed by atoms with Crippen LogP contribution in [0.25, 0.3) is 0 Å². The molecule has 1 aromatic carbocycles. The van der Waals surface area contributed by atoms with E-state index in [1.807, 2.05) is 12.1 Å². The number of nitrogens with zero attached hydrogens (tertiary/aromatic N) is 1. The van der Waals surface area contributed by atoms with Crippen LogP contribution in [-0.2, 0) is 10.2 Å². The number of nitrogens with one attached hydrogen (secondary N) is 1. The molecule has 4 heteroatoms. The van der Waals surface area contributed by atoms with E-state index in [0.29, 0.717) is 12.5 Å². The smallest absolute Gasteiger partial charge is 0.235 e. The van der Waals surface area contributed by atoms with Gasteiger partial charge in [0.15, 0.2) is 0 Å². The summed E-state index contributed by atoms with van der Waals surface area (Å²) in [5.74, 6) is 0.669. The van der Waals surface area contributed by atoms with Gasteiger partial charge in [0.05, 0.1) is 23.9 Å². The van der Waals surface area contributed by atoms with Crippen molar-refractivity contribution >= 4 is 11.6 Å². The predicted octanol–water partition coefficient (Wildman–Crippen LogP) is 5.02.